The molecule has 1 atom stereocenters. The number of unbranched alkanes of at least 4 members (excludes halogenated alkanes) is 8. The monoisotopic (exact) mass is 269 g/mol. The molecule has 0 aliphatic rings. The molecule has 1 nitrogen and oxygen atoms in total. The molecule has 0 fully saturated rings. The summed E-state index contributed by atoms with van der Waals surface area (Å²) in [4.78, 5) is 0. The van der Waals surface area contributed by atoms with Gasteiger partial charge in [-0.15, -0.1) is 0 Å². The van der Waals surface area contributed by atoms with Gasteiger partial charge in [0.1, 0.15) is 0 Å². The summed E-state index contributed by atoms with van der Waals surface area (Å²) in [5.74, 6) is 0. The molecule has 0 heterocycles. The number of hydrogen-bond acceptors (Lipinski definition) is 1. The zero-order chi connectivity index (χ0) is 14.2. The molecule has 0 aromatic rings. The lowest BCUT2D eigenvalue weighted by Gasteiger charge is -2.18. The van der Waals surface area contributed by atoms with Gasteiger partial charge in [-0.3, -0.25) is 0 Å². The van der Waals surface area contributed by atoms with Gasteiger partial charge in [-0.1, -0.05) is 85.0 Å². The van der Waals surface area contributed by atoms with Gasteiger partial charge < -0.3 is 5.32 Å². The molecule has 1 heteroatoms. The zero-order valence-electron chi connectivity index (χ0n) is 14.0. The number of hydrogen-bond donors (Lipinski definition) is 1. The molecule has 0 aliphatic heterocycles. The van der Waals surface area contributed by atoms with Gasteiger partial charge in [0, 0.05) is 6.04 Å². The van der Waals surface area contributed by atoms with Crippen molar-refractivity contribution in [1.82, 2.24) is 5.32 Å². The van der Waals surface area contributed by atoms with E-state index in [0.29, 0.717) is 0 Å². The standard InChI is InChI=1S/C18H39N/c1-4-7-9-10-11-12-13-16-18(15-6-3)19-17-14-8-5-2/h18-19H,4-17H2,1-3H3. The van der Waals surface area contributed by atoms with Crippen molar-refractivity contribution in [2.75, 3.05) is 6.54 Å². The lowest BCUT2D eigenvalue weighted by molar-refractivity contribution is 0.420. The SMILES string of the molecule is CCCCCCCCCC(CCC)NCCCCC. The molecule has 1 unspecified atom stereocenters. The predicted octanol–water partition coefficient (Wildman–Crippen LogP) is 6.08. The summed E-state index contributed by atoms with van der Waals surface area (Å²) in [6.07, 6.45) is 18.2. The highest BCUT2D eigenvalue weighted by molar-refractivity contribution is 4.66. The van der Waals surface area contributed by atoms with Crippen LogP contribution in [0.4, 0.5) is 0 Å². The summed E-state index contributed by atoms with van der Waals surface area (Å²) in [7, 11) is 0. The van der Waals surface area contributed by atoms with Crippen LogP contribution in [-0.4, -0.2) is 12.6 Å². The Morgan fingerprint density at radius 3 is 1.79 bits per heavy atom. The van der Waals surface area contributed by atoms with Crippen molar-refractivity contribution in [1.29, 1.82) is 0 Å². The molecule has 0 radical (unpaired) electrons. The van der Waals surface area contributed by atoms with Crippen molar-refractivity contribution >= 4 is 0 Å². The minimum Gasteiger partial charge on any atom is -0.314 e. The normalized spacial score (nSPS) is 12.8. The largest absolute Gasteiger partial charge is 0.314 e. The van der Waals surface area contributed by atoms with Gasteiger partial charge in [0.2, 0.25) is 0 Å². The Kier molecular flexibility index (Phi) is 16.0. The maximum absolute atomic E-state index is 3.77. The first-order valence-corrected chi connectivity index (χ1v) is 9.08. The summed E-state index contributed by atoms with van der Waals surface area (Å²) >= 11 is 0. The van der Waals surface area contributed by atoms with Crippen molar-refractivity contribution in [3.05, 3.63) is 0 Å². The molecule has 1 N–H and O–H groups in total. The van der Waals surface area contributed by atoms with Crippen molar-refractivity contribution in [3.63, 3.8) is 0 Å². The molecule has 0 saturated heterocycles. The van der Waals surface area contributed by atoms with Crippen LogP contribution in [0, 0.1) is 0 Å². The fraction of sp³-hybridized carbons (Fsp3) is 1.00. The lowest BCUT2D eigenvalue weighted by Crippen LogP contribution is -2.29. The minimum absolute atomic E-state index is 0.789. The average molecular weight is 270 g/mol. The van der Waals surface area contributed by atoms with Crippen LogP contribution in [-0.2, 0) is 0 Å². The highest BCUT2D eigenvalue weighted by atomic mass is 14.9. The van der Waals surface area contributed by atoms with Crippen molar-refractivity contribution in [2.45, 2.75) is 110 Å². The third-order valence-corrected chi connectivity index (χ3v) is 4.01. The average Bonchev–Trinajstić information content (AvgIpc) is 2.42. The molecule has 0 bridgehead atoms. The van der Waals surface area contributed by atoms with Crippen molar-refractivity contribution in [2.24, 2.45) is 0 Å². The van der Waals surface area contributed by atoms with E-state index in [1.807, 2.05) is 0 Å². The molecule has 0 spiro atoms. The van der Waals surface area contributed by atoms with Gasteiger partial charge in [-0.05, 0) is 25.8 Å². The van der Waals surface area contributed by atoms with Crippen LogP contribution in [0.1, 0.15) is 104 Å². The second-order valence-corrected chi connectivity index (χ2v) is 6.06. The van der Waals surface area contributed by atoms with Gasteiger partial charge in [-0.25, -0.2) is 0 Å². The molecule has 0 amide bonds. The summed E-state index contributed by atoms with van der Waals surface area (Å²) in [5, 5.41) is 3.77. The Morgan fingerprint density at radius 1 is 0.579 bits per heavy atom. The third-order valence-electron chi connectivity index (χ3n) is 4.01. The van der Waals surface area contributed by atoms with Crippen LogP contribution in [0.15, 0.2) is 0 Å². The van der Waals surface area contributed by atoms with E-state index in [1.165, 1.54) is 90.0 Å². The van der Waals surface area contributed by atoms with Crippen LogP contribution in [0.2, 0.25) is 0 Å². The van der Waals surface area contributed by atoms with Gasteiger partial charge in [0.25, 0.3) is 0 Å². The minimum atomic E-state index is 0.789. The Morgan fingerprint density at radius 2 is 1.16 bits per heavy atom. The van der Waals surface area contributed by atoms with Crippen molar-refractivity contribution in [3.8, 4) is 0 Å². The Labute approximate surface area is 122 Å². The van der Waals surface area contributed by atoms with Crippen LogP contribution in [0.25, 0.3) is 0 Å². The highest BCUT2D eigenvalue weighted by Gasteiger charge is 2.05. The predicted molar refractivity (Wildman–Crippen MR) is 88.8 cm³/mol. The maximum Gasteiger partial charge on any atom is 0.00669 e. The summed E-state index contributed by atoms with van der Waals surface area (Å²) < 4.78 is 0. The molecular formula is C18H39N. The van der Waals surface area contributed by atoms with Crippen LogP contribution in [0.5, 0.6) is 0 Å². The Balaban J connectivity index is 3.42. The van der Waals surface area contributed by atoms with E-state index in [-0.39, 0.29) is 0 Å². The molecule has 0 aliphatic carbocycles. The van der Waals surface area contributed by atoms with Gasteiger partial charge in [0.05, 0.1) is 0 Å². The number of nitrogens with one attached hydrogen (secondary N) is 1. The van der Waals surface area contributed by atoms with Gasteiger partial charge >= 0.3 is 0 Å². The van der Waals surface area contributed by atoms with E-state index in [4.69, 9.17) is 0 Å². The summed E-state index contributed by atoms with van der Waals surface area (Å²) in [6, 6.07) is 0.789. The van der Waals surface area contributed by atoms with Gasteiger partial charge in [0.15, 0.2) is 0 Å². The first-order valence-electron chi connectivity index (χ1n) is 9.08. The quantitative estimate of drug-likeness (QED) is 0.355. The molecular weight excluding hydrogens is 230 g/mol. The first kappa shape index (κ1) is 19.0. The van der Waals surface area contributed by atoms with E-state index < -0.39 is 0 Å². The summed E-state index contributed by atoms with van der Waals surface area (Å²) in [6.45, 7) is 8.11. The van der Waals surface area contributed by atoms with E-state index in [2.05, 4.69) is 26.1 Å². The molecule has 0 aromatic heterocycles. The van der Waals surface area contributed by atoms with Crippen LogP contribution in [0.3, 0.4) is 0 Å². The van der Waals surface area contributed by atoms with E-state index in [9.17, 15) is 0 Å². The maximum atomic E-state index is 3.77. The Hall–Kier alpha value is -0.0400. The Bertz CT molecular complexity index is 156. The van der Waals surface area contributed by atoms with E-state index in [0.717, 1.165) is 6.04 Å². The second-order valence-electron chi connectivity index (χ2n) is 6.06. The molecule has 0 rings (SSSR count). The molecule has 0 aromatic carbocycles. The summed E-state index contributed by atoms with van der Waals surface area (Å²) in [5.41, 5.74) is 0. The number of rotatable bonds is 15. The highest BCUT2D eigenvalue weighted by Crippen LogP contribution is 2.12. The third kappa shape index (κ3) is 14.2. The van der Waals surface area contributed by atoms with E-state index >= 15 is 0 Å². The smallest absolute Gasteiger partial charge is 0.00669 e. The van der Waals surface area contributed by atoms with E-state index in [1.54, 1.807) is 0 Å². The first-order chi connectivity index (χ1) is 9.35. The topological polar surface area (TPSA) is 12.0 Å². The fourth-order valence-electron chi connectivity index (χ4n) is 2.73. The second kappa shape index (κ2) is 16.0. The molecule has 0 saturated carbocycles. The molecule has 19 heavy (non-hydrogen) atoms. The van der Waals surface area contributed by atoms with Crippen LogP contribution < -0.4 is 5.32 Å². The zero-order valence-corrected chi connectivity index (χ0v) is 14.0. The van der Waals surface area contributed by atoms with Crippen LogP contribution >= 0.6 is 0 Å². The lowest BCUT2D eigenvalue weighted by atomic mass is 10.0. The fourth-order valence-corrected chi connectivity index (χ4v) is 2.73. The molecule has 116 valence electrons. The van der Waals surface area contributed by atoms with Crippen molar-refractivity contribution < 1.29 is 0 Å². The van der Waals surface area contributed by atoms with Gasteiger partial charge in [-0.2, -0.15) is 0 Å².